The van der Waals surface area contributed by atoms with E-state index in [1.165, 1.54) is 0 Å². The Morgan fingerprint density at radius 3 is 2.60 bits per heavy atom. The Balaban J connectivity index is 2.42. The van der Waals surface area contributed by atoms with Gasteiger partial charge in [-0.2, -0.15) is 0 Å². The van der Waals surface area contributed by atoms with Gasteiger partial charge in [0.1, 0.15) is 5.70 Å². The molecule has 4 nitrogen and oxygen atoms in total. The number of nitrogens with zero attached hydrogens (tertiary/aromatic N) is 2. The summed E-state index contributed by atoms with van der Waals surface area (Å²) in [6.07, 6.45) is 0. The lowest BCUT2D eigenvalue weighted by Gasteiger charge is -2.09. The van der Waals surface area contributed by atoms with Crippen LogP contribution in [0.15, 0.2) is 29.3 Å². The maximum absolute atomic E-state index is 11.6. The van der Waals surface area contributed by atoms with E-state index in [1.807, 2.05) is 23.1 Å². The third-order valence-corrected chi connectivity index (χ3v) is 2.55. The van der Waals surface area contributed by atoms with Crippen LogP contribution in [-0.4, -0.2) is 29.7 Å². The summed E-state index contributed by atoms with van der Waals surface area (Å²) in [6, 6.07) is 7.24. The number of rotatable bonds is 1. The summed E-state index contributed by atoms with van der Waals surface area (Å²) in [7, 11) is 0. The lowest BCUT2D eigenvalue weighted by Crippen LogP contribution is -2.39. The van der Waals surface area contributed by atoms with Crippen LogP contribution >= 0.6 is 0 Å². The van der Waals surface area contributed by atoms with Crippen molar-refractivity contribution in [3.8, 4) is 0 Å². The second-order valence-electron chi connectivity index (χ2n) is 3.60. The first-order chi connectivity index (χ1) is 7.27. The van der Waals surface area contributed by atoms with Crippen LogP contribution in [0, 0.1) is 0 Å². The molecule has 2 heterocycles. The minimum atomic E-state index is -0.657. The molecule has 0 radical (unpaired) electrons. The van der Waals surface area contributed by atoms with Crippen LogP contribution in [-0.2, 0) is 9.59 Å². The van der Waals surface area contributed by atoms with Gasteiger partial charge in [0, 0.05) is 18.3 Å². The average molecular weight is 200 g/mol. The lowest BCUT2D eigenvalue weighted by atomic mass is 10.1. The zero-order chi connectivity index (χ0) is 10.4. The first-order valence-corrected chi connectivity index (χ1v) is 4.79. The number of ketones is 1. The van der Waals surface area contributed by atoms with Crippen LogP contribution in [0.5, 0.6) is 0 Å². The van der Waals surface area contributed by atoms with Crippen LogP contribution in [0.2, 0.25) is 0 Å². The zero-order valence-corrected chi connectivity index (χ0v) is 7.93. The number of hydrogen-bond acceptors (Lipinski definition) is 3. The first-order valence-electron chi connectivity index (χ1n) is 4.79. The minimum Gasteiger partial charge on any atom is -0.364 e. The topological polar surface area (TPSA) is 49.5 Å². The molecule has 4 heteroatoms. The van der Waals surface area contributed by atoms with Gasteiger partial charge in [-0.3, -0.25) is 9.59 Å². The molecule has 1 aromatic rings. The number of hydrogen-bond donors (Lipinski definition) is 0. The van der Waals surface area contributed by atoms with Gasteiger partial charge < -0.3 is 4.90 Å². The molecule has 1 amide bonds. The molecule has 3 rings (SSSR count). The van der Waals surface area contributed by atoms with Gasteiger partial charge in [-0.1, -0.05) is 18.2 Å². The summed E-state index contributed by atoms with van der Waals surface area (Å²) < 4.78 is 0. The Bertz CT molecular complexity index is 585. The van der Waals surface area contributed by atoms with E-state index in [9.17, 15) is 9.59 Å². The SMILES string of the molecule is O=C1N=c2ccccc2=C(N2CC2)C1=O. The molecule has 1 saturated heterocycles. The highest BCUT2D eigenvalue weighted by molar-refractivity contribution is 6.51. The molecule has 0 spiro atoms. The highest BCUT2D eigenvalue weighted by Gasteiger charge is 2.32. The van der Waals surface area contributed by atoms with Crippen molar-refractivity contribution in [2.45, 2.75) is 0 Å². The van der Waals surface area contributed by atoms with Crippen molar-refractivity contribution in [3.05, 3.63) is 34.8 Å². The van der Waals surface area contributed by atoms with Crippen LogP contribution < -0.4 is 10.6 Å². The number of amides is 1. The first kappa shape index (κ1) is 8.35. The lowest BCUT2D eigenvalue weighted by molar-refractivity contribution is -0.133. The third-order valence-electron chi connectivity index (χ3n) is 2.55. The number of benzene rings is 1. The molecule has 2 aliphatic rings. The maximum Gasteiger partial charge on any atom is 0.320 e. The van der Waals surface area contributed by atoms with Gasteiger partial charge in [0.2, 0.25) is 0 Å². The number of carbonyl (C=O) groups is 2. The van der Waals surface area contributed by atoms with Gasteiger partial charge in [0.25, 0.3) is 5.78 Å². The van der Waals surface area contributed by atoms with Gasteiger partial charge in [-0.05, 0) is 6.07 Å². The quantitative estimate of drug-likeness (QED) is 0.424. The molecule has 0 N–H and O–H groups in total. The Kier molecular flexibility index (Phi) is 1.54. The summed E-state index contributed by atoms with van der Waals surface area (Å²) >= 11 is 0. The Labute approximate surface area is 85.5 Å². The fraction of sp³-hybridized carbons (Fsp3) is 0.182. The van der Waals surface area contributed by atoms with Crippen molar-refractivity contribution < 1.29 is 9.59 Å². The van der Waals surface area contributed by atoms with Crippen molar-refractivity contribution >= 4 is 17.4 Å². The van der Waals surface area contributed by atoms with E-state index in [-0.39, 0.29) is 0 Å². The fourth-order valence-electron chi connectivity index (χ4n) is 1.74. The largest absolute Gasteiger partial charge is 0.364 e. The summed E-state index contributed by atoms with van der Waals surface area (Å²) in [4.78, 5) is 28.6. The molecule has 0 bridgehead atoms. The Morgan fingerprint density at radius 1 is 1.13 bits per heavy atom. The number of Topliss-reactive ketones (excluding diaryl/α,β-unsaturated/α-hetero) is 1. The van der Waals surface area contributed by atoms with Gasteiger partial charge in [0.15, 0.2) is 0 Å². The molecule has 2 aliphatic heterocycles. The van der Waals surface area contributed by atoms with E-state index in [4.69, 9.17) is 0 Å². The molecular weight excluding hydrogens is 192 g/mol. The second-order valence-corrected chi connectivity index (χ2v) is 3.60. The zero-order valence-electron chi connectivity index (χ0n) is 7.93. The number of carbonyl (C=O) groups excluding carboxylic acids is 2. The molecule has 0 saturated carbocycles. The van der Waals surface area contributed by atoms with Gasteiger partial charge in [0.05, 0.1) is 5.36 Å². The smallest absolute Gasteiger partial charge is 0.320 e. The number of para-hydroxylation sites is 1. The fourth-order valence-corrected chi connectivity index (χ4v) is 1.74. The molecule has 0 atom stereocenters. The highest BCUT2D eigenvalue weighted by Crippen LogP contribution is 2.16. The van der Waals surface area contributed by atoms with Gasteiger partial charge >= 0.3 is 5.91 Å². The van der Waals surface area contributed by atoms with E-state index in [0.717, 1.165) is 18.3 Å². The molecular formula is C11H8N2O2. The van der Waals surface area contributed by atoms with E-state index >= 15 is 0 Å². The average Bonchev–Trinajstić information content (AvgIpc) is 3.04. The Morgan fingerprint density at radius 2 is 1.87 bits per heavy atom. The molecule has 0 aliphatic carbocycles. The second kappa shape index (κ2) is 2.76. The van der Waals surface area contributed by atoms with Crippen LogP contribution in [0.25, 0.3) is 5.70 Å². The van der Waals surface area contributed by atoms with Crippen molar-refractivity contribution in [2.24, 2.45) is 4.99 Å². The maximum atomic E-state index is 11.6. The summed E-state index contributed by atoms with van der Waals surface area (Å²) in [6.45, 7) is 1.70. The Hall–Kier alpha value is -1.97. The van der Waals surface area contributed by atoms with Crippen LogP contribution in [0.3, 0.4) is 0 Å². The summed E-state index contributed by atoms with van der Waals surface area (Å²) in [5.74, 6) is -1.14. The van der Waals surface area contributed by atoms with Crippen molar-refractivity contribution in [3.63, 3.8) is 0 Å². The van der Waals surface area contributed by atoms with Crippen molar-refractivity contribution in [1.82, 2.24) is 4.90 Å². The van der Waals surface area contributed by atoms with Gasteiger partial charge in [-0.25, -0.2) is 4.99 Å². The highest BCUT2D eigenvalue weighted by atomic mass is 16.2. The van der Waals surface area contributed by atoms with Crippen molar-refractivity contribution in [2.75, 3.05) is 13.1 Å². The van der Waals surface area contributed by atoms with E-state index < -0.39 is 11.7 Å². The standard InChI is InChI=1S/C11H8N2O2/c14-10-9(13-5-6-13)7-3-1-2-4-8(7)12-11(10)15/h1-4H,5-6H2. The minimum absolute atomic E-state index is 0.480. The summed E-state index contributed by atoms with van der Waals surface area (Å²) in [5, 5.41) is 1.38. The van der Waals surface area contributed by atoms with Gasteiger partial charge in [-0.15, -0.1) is 0 Å². The van der Waals surface area contributed by atoms with Crippen LogP contribution in [0.1, 0.15) is 0 Å². The number of fused-ring (bicyclic) bond motifs is 1. The van der Waals surface area contributed by atoms with Crippen LogP contribution in [0.4, 0.5) is 0 Å². The molecule has 0 unspecified atom stereocenters. The predicted octanol–water partition coefficient (Wildman–Crippen LogP) is -1.16. The molecule has 74 valence electrons. The van der Waals surface area contributed by atoms with E-state index in [0.29, 0.717) is 11.1 Å². The normalized spacial score (nSPS) is 18.7. The van der Waals surface area contributed by atoms with E-state index in [2.05, 4.69) is 4.99 Å². The third kappa shape index (κ3) is 1.18. The van der Waals surface area contributed by atoms with Crippen molar-refractivity contribution in [1.29, 1.82) is 0 Å². The van der Waals surface area contributed by atoms with E-state index in [1.54, 1.807) is 6.07 Å². The molecule has 0 aromatic heterocycles. The molecule has 1 aromatic carbocycles. The predicted molar refractivity (Wildman–Crippen MR) is 52.2 cm³/mol. The monoisotopic (exact) mass is 200 g/mol. The molecule has 15 heavy (non-hydrogen) atoms. The molecule has 1 fully saturated rings. The summed E-state index contributed by atoms with van der Waals surface area (Å²) in [5.41, 5.74) is 0.519.